The van der Waals surface area contributed by atoms with Gasteiger partial charge in [0.15, 0.2) is 11.6 Å². The maximum absolute atomic E-state index is 14.0. The number of piperazine rings is 1. The third-order valence-corrected chi connectivity index (χ3v) is 9.86. The van der Waals surface area contributed by atoms with Crippen LogP contribution >= 0.6 is 0 Å². The van der Waals surface area contributed by atoms with E-state index >= 15 is 0 Å². The van der Waals surface area contributed by atoms with Gasteiger partial charge in [-0.2, -0.15) is 0 Å². The summed E-state index contributed by atoms with van der Waals surface area (Å²) in [5, 5.41) is 7.42. The largest absolute Gasteiger partial charge is 0.494 e. The number of hydroxylamine groups is 1. The number of hydrogen-bond acceptors (Lipinski definition) is 10. The van der Waals surface area contributed by atoms with Crippen LogP contribution in [0.5, 0.6) is 5.75 Å². The minimum Gasteiger partial charge on any atom is -0.494 e. The average molecular weight is 679 g/mol. The quantitative estimate of drug-likeness (QED) is 0.266. The highest BCUT2D eigenvalue weighted by molar-refractivity contribution is 6.04. The number of methoxy groups -OCH3 is 1. The molecule has 7 rings (SSSR count). The molecule has 14 heteroatoms. The summed E-state index contributed by atoms with van der Waals surface area (Å²) in [6.45, 7) is 9.48. The van der Waals surface area contributed by atoms with Crippen LogP contribution in [0.15, 0.2) is 55.1 Å². The Labute approximate surface area is 283 Å². The molecule has 260 valence electrons. The molecule has 1 aliphatic carbocycles. The van der Waals surface area contributed by atoms with Gasteiger partial charge < -0.3 is 20.3 Å². The Hall–Kier alpha value is -4.40. The minimum absolute atomic E-state index is 0.335. The Morgan fingerprint density at radius 1 is 0.878 bits per heavy atom. The SMILES string of the molecule is C=C(F)C(=O)Nc1cc(Nc2cc(N3OCCC3c3cc(F)cc(F)c3)ncn2)c(OC)cc1N1CCC(N2CCN(C3CC3)CC2)CC1. The monoisotopic (exact) mass is 678 g/mol. The molecule has 3 aliphatic heterocycles. The molecule has 1 aromatic heterocycles. The number of nitrogens with zero attached hydrogens (tertiary/aromatic N) is 6. The Balaban J connectivity index is 1.10. The lowest BCUT2D eigenvalue weighted by Crippen LogP contribution is -2.53. The van der Waals surface area contributed by atoms with E-state index in [0.29, 0.717) is 59.1 Å². The van der Waals surface area contributed by atoms with Crippen LogP contribution in [0.25, 0.3) is 0 Å². The maximum Gasteiger partial charge on any atom is 0.283 e. The van der Waals surface area contributed by atoms with Gasteiger partial charge in [-0.15, -0.1) is 0 Å². The first kappa shape index (κ1) is 33.1. The van der Waals surface area contributed by atoms with E-state index in [1.54, 1.807) is 19.2 Å². The number of carbonyl (C=O) groups is 1. The minimum atomic E-state index is -1.10. The van der Waals surface area contributed by atoms with Gasteiger partial charge >= 0.3 is 0 Å². The molecule has 1 atom stereocenters. The number of nitrogens with one attached hydrogen (secondary N) is 2. The Bertz CT molecular complexity index is 1670. The first-order chi connectivity index (χ1) is 23.7. The highest BCUT2D eigenvalue weighted by Gasteiger charge is 2.34. The number of hydrogen-bond donors (Lipinski definition) is 2. The molecule has 3 saturated heterocycles. The lowest BCUT2D eigenvalue weighted by atomic mass is 10.0. The van der Waals surface area contributed by atoms with Crippen molar-refractivity contribution >= 4 is 34.6 Å². The van der Waals surface area contributed by atoms with E-state index in [9.17, 15) is 18.0 Å². The molecule has 0 bridgehead atoms. The smallest absolute Gasteiger partial charge is 0.283 e. The highest BCUT2D eigenvalue weighted by Crippen LogP contribution is 2.41. The summed E-state index contributed by atoms with van der Waals surface area (Å²) in [5.74, 6) is -2.15. The van der Waals surface area contributed by atoms with Crippen LogP contribution in [-0.4, -0.2) is 90.7 Å². The van der Waals surface area contributed by atoms with Crippen LogP contribution in [0.4, 0.5) is 41.9 Å². The number of ether oxygens (including phenoxy) is 1. The zero-order valence-electron chi connectivity index (χ0n) is 27.5. The molecule has 2 aromatic carbocycles. The number of benzene rings is 2. The summed E-state index contributed by atoms with van der Waals surface area (Å²) in [7, 11) is 1.55. The number of halogens is 3. The second-order valence-corrected chi connectivity index (χ2v) is 13.0. The van der Waals surface area contributed by atoms with Crippen LogP contribution in [-0.2, 0) is 9.63 Å². The first-order valence-corrected chi connectivity index (χ1v) is 16.8. The van der Waals surface area contributed by atoms with E-state index in [4.69, 9.17) is 9.57 Å². The number of amides is 1. The molecule has 0 radical (unpaired) electrons. The number of carbonyl (C=O) groups excluding carboxylic acids is 1. The maximum atomic E-state index is 14.0. The Morgan fingerprint density at radius 3 is 2.18 bits per heavy atom. The van der Waals surface area contributed by atoms with Crippen molar-refractivity contribution in [2.24, 2.45) is 0 Å². The zero-order valence-corrected chi connectivity index (χ0v) is 27.5. The van der Waals surface area contributed by atoms with Gasteiger partial charge in [0.1, 0.15) is 29.5 Å². The second-order valence-electron chi connectivity index (χ2n) is 13.0. The fourth-order valence-corrected chi connectivity index (χ4v) is 7.21. The second kappa shape index (κ2) is 14.2. The number of rotatable bonds is 10. The van der Waals surface area contributed by atoms with Crippen molar-refractivity contribution in [3.05, 3.63) is 72.3 Å². The molecule has 4 heterocycles. The van der Waals surface area contributed by atoms with Crippen LogP contribution in [0.1, 0.15) is 43.7 Å². The van der Waals surface area contributed by atoms with Crippen molar-refractivity contribution < 1.29 is 27.5 Å². The summed E-state index contributed by atoms with van der Waals surface area (Å²) < 4.78 is 47.7. The van der Waals surface area contributed by atoms with Crippen molar-refractivity contribution in [3.8, 4) is 5.75 Å². The van der Waals surface area contributed by atoms with Gasteiger partial charge in [0.05, 0.1) is 36.8 Å². The summed E-state index contributed by atoms with van der Waals surface area (Å²) >= 11 is 0. The number of piperidine rings is 1. The fraction of sp³-hybridized carbons (Fsp3) is 0.457. The molecular formula is C35H41F3N8O3. The van der Waals surface area contributed by atoms with E-state index in [-0.39, 0.29) is 0 Å². The molecule has 3 aromatic rings. The molecule has 2 N–H and O–H groups in total. The van der Waals surface area contributed by atoms with Crippen LogP contribution in [0.2, 0.25) is 0 Å². The summed E-state index contributed by atoms with van der Waals surface area (Å²) in [4.78, 5) is 34.5. The molecule has 1 saturated carbocycles. The van der Waals surface area contributed by atoms with E-state index in [0.717, 1.165) is 64.2 Å². The van der Waals surface area contributed by atoms with Crippen LogP contribution in [0.3, 0.4) is 0 Å². The molecule has 1 unspecified atom stereocenters. The van der Waals surface area contributed by atoms with Crippen molar-refractivity contribution in [2.75, 3.05) is 73.6 Å². The predicted octanol–water partition coefficient (Wildman–Crippen LogP) is 5.56. The fourth-order valence-electron chi connectivity index (χ4n) is 7.21. The van der Waals surface area contributed by atoms with Gasteiger partial charge in [-0.25, -0.2) is 28.2 Å². The zero-order chi connectivity index (χ0) is 34.1. The third-order valence-electron chi connectivity index (χ3n) is 9.86. The standard InChI is InChI=1S/C35H41F3N8O3/c1-22(36)35(47)42-28-18-29(41-33-20-34(40-21-39-33)46-30(7-14-49-46)23-15-24(37)17-25(38)16-23)32(48-2)19-31(28)45-8-5-27(6-9-45)44-12-10-43(11-13-44)26-3-4-26/h15-21,26-27,30H,1,3-14H2,2H3,(H,42,47)(H,39,40,41). The van der Waals surface area contributed by atoms with E-state index in [2.05, 4.69) is 41.9 Å². The molecule has 11 nitrogen and oxygen atoms in total. The van der Waals surface area contributed by atoms with E-state index in [1.165, 1.54) is 36.4 Å². The van der Waals surface area contributed by atoms with Crippen molar-refractivity contribution in [1.82, 2.24) is 19.8 Å². The normalized spacial score (nSPS) is 20.8. The van der Waals surface area contributed by atoms with Crippen molar-refractivity contribution in [2.45, 2.75) is 50.2 Å². The van der Waals surface area contributed by atoms with Gasteiger partial charge in [-0.1, -0.05) is 6.58 Å². The molecular weight excluding hydrogens is 637 g/mol. The van der Waals surface area contributed by atoms with Crippen molar-refractivity contribution in [1.29, 1.82) is 0 Å². The lowest BCUT2D eigenvalue weighted by Gasteiger charge is -2.43. The summed E-state index contributed by atoms with van der Waals surface area (Å²) in [6.07, 6.45) is 6.46. The highest BCUT2D eigenvalue weighted by atomic mass is 19.1. The average Bonchev–Trinajstić information content (AvgIpc) is 3.83. The van der Waals surface area contributed by atoms with E-state index < -0.39 is 29.4 Å². The van der Waals surface area contributed by atoms with Crippen LogP contribution < -0.4 is 25.3 Å². The predicted molar refractivity (Wildman–Crippen MR) is 181 cm³/mol. The third kappa shape index (κ3) is 7.46. The summed E-state index contributed by atoms with van der Waals surface area (Å²) in [5.41, 5.74) is 2.00. The van der Waals surface area contributed by atoms with Gasteiger partial charge in [0.25, 0.3) is 5.91 Å². The van der Waals surface area contributed by atoms with E-state index in [1.807, 2.05) is 6.07 Å². The first-order valence-electron chi connectivity index (χ1n) is 16.8. The van der Waals surface area contributed by atoms with Gasteiger partial charge in [0, 0.05) is 76.0 Å². The summed E-state index contributed by atoms with van der Waals surface area (Å²) in [6, 6.07) is 9.37. The molecule has 4 fully saturated rings. The van der Waals surface area contributed by atoms with Gasteiger partial charge in [-0.05, 0) is 49.4 Å². The molecule has 4 aliphatic rings. The lowest BCUT2D eigenvalue weighted by molar-refractivity contribution is -0.114. The van der Waals surface area contributed by atoms with Crippen molar-refractivity contribution in [3.63, 3.8) is 0 Å². The topological polar surface area (TPSA) is 98.3 Å². The van der Waals surface area contributed by atoms with Gasteiger partial charge in [-0.3, -0.25) is 19.4 Å². The Morgan fingerprint density at radius 2 is 1.55 bits per heavy atom. The molecule has 0 spiro atoms. The molecule has 49 heavy (non-hydrogen) atoms. The van der Waals surface area contributed by atoms with Crippen LogP contribution in [0, 0.1) is 11.6 Å². The number of anilines is 5. The Kier molecular flexibility index (Phi) is 9.61. The van der Waals surface area contributed by atoms with Gasteiger partial charge in [0.2, 0.25) is 0 Å². The number of aromatic nitrogens is 2. The molecule has 1 amide bonds.